The molecule has 1 rings (SSSR count). The summed E-state index contributed by atoms with van der Waals surface area (Å²) in [6.45, 7) is 0.252. The number of halogens is 2. The van der Waals surface area contributed by atoms with E-state index in [0.717, 1.165) is 0 Å². The number of hydrogen-bond acceptors (Lipinski definition) is 3. The normalized spacial score (nSPS) is 9.95. The van der Waals surface area contributed by atoms with Gasteiger partial charge >= 0.3 is 12.0 Å². The van der Waals surface area contributed by atoms with Gasteiger partial charge in [0, 0.05) is 19.0 Å². The van der Waals surface area contributed by atoms with Crippen molar-refractivity contribution in [2.75, 3.05) is 19.0 Å². The van der Waals surface area contributed by atoms with Crippen molar-refractivity contribution in [2.45, 2.75) is 12.8 Å². The van der Waals surface area contributed by atoms with Gasteiger partial charge in [-0.05, 0) is 12.5 Å². The molecule has 0 bridgehead atoms. The summed E-state index contributed by atoms with van der Waals surface area (Å²) in [5.74, 6) is -0.529. The largest absolute Gasteiger partial charge is 0.495 e. The van der Waals surface area contributed by atoms with Crippen LogP contribution in [0.5, 0.6) is 5.75 Å². The third-order valence-electron chi connectivity index (χ3n) is 2.34. The highest BCUT2D eigenvalue weighted by atomic mass is 35.5. The predicted octanol–water partition coefficient (Wildman–Crippen LogP) is 2.99. The molecule has 6 nitrogen and oxygen atoms in total. The molecule has 0 saturated carbocycles. The highest BCUT2D eigenvalue weighted by Crippen LogP contribution is 2.33. The predicted molar refractivity (Wildman–Crippen MR) is 76.9 cm³/mol. The van der Waals surface area contributed by atoms with E-state index in [1.165, 1.54) is 19.2 Å². The number of benzene rings is 1. The fraction of sp³-hybridized carbons (Fsp3) is 0.333. The van der Waals surface area contributed by atoms with Gasteiger partial charge in [-0.15, -0.1) is 0 Å². The van der Waals surface area contributed by atoms with Crippen LogP contribution in [0.15, 0.2) is 12.1 Å². The topological polar surface area (TPSA) is 87.7 Å². The minimum atomic E-state index is -0.904. The molecule has 0 unspecified atom stereocenters. The summed E-state index contributed by atoms with van der Waals surface area (Å²) in [6, 6.07) is 2.48. The van der Waals surface area contributed by atoms with E-state index in [2.05, 4.69) is 10.6 Å². The molecule has 110 valence electrons. The Morgan fingerprint density at radius 2 is 1.95 bits per heavy atom. The number of anilines is 1. The minimum absolute atomic E-state index is 0.00360. The Morgan fingerprint density at radius 3 is 2.55 bits per heavy atom. The average Bonchev–Trinajstić information content (AvgIpc) is 2.38. The molecule has 0 saturated heterocycles. The first-order valence-corrected chi connectivity index (χ1v) is 6.49. The van der Waals surface area contributed by atoms with Gasteiger partial charge in [0.2, 0.25) is 0 Å². The molecular formula is C12H14Cl2N2O4. The average molecular weight is 321 g/mol. The van der Waals surface area contributed by atoms with E-state index in [4.69, 9.17) is 33.0 Å². The molecule has 0 spiro atoms. The van der Waals surface area contributed by atoms with Crippen LogP contribution >= 0.6 is 23.2 Å². The lowest BCUT2D eigenvalue weighted by molar-refractivity contribution is -0.137. The standard InChI is InChI=1S/C12H14Cl2N2O4/c1-20-10-6-8(14)7(13)5-9(10)16-12(19)15-4-2-3-11(17)18/h5-6H,2-4H2,1H3,(H,17,18)(H2,15,16,19). The third kappa shape index (κ3) is 5.14. The Balaban J connectivity index is 2.57. The van der Waals surface area contributed by atoms with Crippen LogP contribution < -0.4 is 15.4 Å². The maximum absolute atomic E-state index is 11.6. The maximum atomic E-state index is 11.6. The zero-order chi connectivity index (χ0) is 15.1. The number of carboxylic acids is 1. The van der Waals surface area contributed by atoms with Crippen LogP contribution in [0.1, 0.15) is 12.8 Å². The van der Waals surface area contributed by atoms with Gasteiger partial charge in [0.05, 0.1) is 22.8 Å². The molecule has 0 aliphatic heterocycles. The second-order valence-electron chi connectivity index (χ2n) is 3.84. The van der Waals surface area contributed by atoms with Crippen LogP contribution in [-0.4, -0.2) is 30.8 Å². The molecule has 0 radical (unpaired) electrons. The number of nitrogens with one attached hydrogen (secondary N) is 2. The number of ether oxygens (including phenoxy) is 1. The van der Waals surface area contributed by atoms with Crippen LogP contribution in [0.3, 0.4) is 0 Å². The zero-order valence-electron chi connectivity index (χ0n) is 10.7. The van der Waals surface area contributed by atoms with Crippen LogP contribution in [0.2, 0.25) is 10.0 Å². The van der Waals surface area contributed by atoms with Crippen molar-refractivity contribution < 1.29 is 19.4 Å². The summed E-state index contributed by atoms with van der Waals surface area (Å²) < 4.78 is 5.08. The fourth-order valence-electron chi connectivity index (χ4n) is 1.40. The van der Waals surface area contributed by atoms with E-state index in [0.29, 0.717) is 22.9 Å². The summed E-state index contributed by atoms with van der Waals surface area (Å²) in [7, 11) is 1.44. The monoisotopic (exact) mass is 320 g/mol. The second-order valence-corrected chi connectivity index (χ2v) is 4.66. The Labute approximate surface area is 126 Å². The van der Waals surface area contributed by atoms with E-state index in [9.17, 15) is 9.59 Å². The SMILES string of the molecule is COc1cc(Cl)c(Cl)cc1NC(=O)NCCCC(=O)O. The lowest BCUT2D eigenvalue weighted by Crippen LogP contribution is -2.30. The van der Waals surface area contributed by atoms with E-state index in [1.807, 2.05) is 0 Å². The van der Waals surface area contributed by atoms with Gasteiger partial charge in [-0.1, -0.05) is 23.2 Å². The molecule has 3 N–H and O–H groups in total. The van der Waals surface area contributed by atoms with Gasteiger partial charge < -0.3 is 20.5 Å². The van der Waals surface area contributed by atoms with Crippen molar-refractivity contribution in [1.82, 2.24) is 5.32 Å². The van der Waals surface area contributed by atoms with Crippen molar-refractivity contribution in [3.8, 4) is 5.75 Å². The zero-order valence-corrected chi connectivity index (χ0v) is 12.2. The van der Waals surface area contributed by atoms with Crippen LogP contribution in [0.4, 0.5) is 10.5 Å². The smallest absolute Gasteiger partial charge is 0.319 e. The van der Waals surface area contributed by atoms with Gasteiger partial charge in [-0.25, -0.2) is 4.79 Å². The van der Waals surface area contributed by atoms with E-state index < -0.39 is 12.0 Å². The molecule has 0 aliphatic rings. The van der Waals surface area contributed by atoms with Crippen molar-refractivity contribution in [3.05, 3.63) is 22.2 Å². The van der Waals surface area contributed by atoms with Gasteiger partial charge in [-0.2, -0.15) is 0 Å². The highest BCUT2D eigenvalue weighted by molar-refractivity contribution is 6.42. The number of carboxylic acid groups (broad SMARTS) is 1. The number of carbonyl (C=O) groups is 2. The Morgan fingerprint density at radius 1 is 1.30 bits per heavy atom. The van der Waals surface area contributed by atoms with E-state index in [1.54, 1.807) is 0 Å². The summed E-state index contributed by atoms with van der Waals surface area (Å²) in [6.07, 6.45) is 0.345. The number of carbonyl (C=O) groups excluding carboxylic acids is 1. The molecule has 20 heavy (non-hydrogen) atoms. The molecule has 8 heteroatoms. The molecule has 0 heterocycles. The molecule has 0 aliphatic carbocycles. The lowest BCUT2D eigenvalue weighted by atomic mass is 10.3. The van der Waals surface area contributed by atoms with Gasteiger partial charge in [-0.3, -0.25) is 4.79 Å². The number of urea groups is 1. The fourth-order valence-corrected chi connectivity index (χ4v) is 1.72. The number of rotatable bonds is 6. The van der Waals surface area contributed by atoms with Crippen molar-refractivity contribution in [1.29, 1.82) is 0 Å². The molecule has 1 aromatic carbocycles. The van der Waals surface area contributed by atoms with Gasteiger partial charge in [0.1, 0.15) is 5.75 Å². The minimum Gasteiger partial charge on any atom is -0.495 e. The van der Waals surface area contributed by atoms with Crippen LogP contribution in [-0.2, 0) is 4.79 Å². The Bertz CT molecular complexity index is 508. The number of amides is 2. The summed E-state index contributed by atoms with van der Waals surface area (Å²) in [5, 5.41) is 14.1. The molecule has 1 aromatic rings. The first-order valence-electron chi connectivity index (χ1n) is 5.73. The molecular weight excluding hydrogens is 307 g/mol. The number of hydrogen-bond donors (Lipinski definition) is 3. The molecule has 0 atom stereocenters. The van der Waals surface area contributed by atoms with E-state index >= 15 is 0 Å². The Hall–Kier alpha value is -1.66. The number of methoxy groups -OCH3 is 1. The molecule has 0 aromatic heterocycles. The first-order chi connectivity index (χ1) is 9.43. The summed E-state index contributed by atoms with van der Waals surface area (Å²) in [4.78, 5) is 21.9. The molecule has 0 fully saturated rings. The van der Waals surface area contributed by atoms with Gasteiger partial charge in [0.15, 0.2) is 0 Å². The van der Waals surface area contributed by atoms with Gasteiger partial charge in [0.25, 0.3) is 0 Å². The van der Waals surface area contributed by atoms with Crippen LogP contribution in [0, 0.1) is 0 Å². The number of aliphatic carboxylic acids is 1. The first kappa shape index (κ1) is 16.4. The quantitative estimate of drug-likeness (QED) is 0.703. The van der Waals surface area contributed by atoms with Crippen molar-refractivity contribution in [3.63, 3.8) is 0 Å². The Kier molecular flexibility index (Phi) is 6.41. The summed E-state index contributed by atoms with van der Waals surface area (Å²) >= 11 is 11.7. The van der Waals surface area contributed by atoms with E-state index in [-0.39, 0.29) is 18.0 Å². The maximum Gasteiger partial charge on any atom is 0.319 e. The molecule has 2 amide bonds. The lowest BCUT2D eigenvalue weighted by Gasteiger charge is -2.12. The van der Waals surface area contributed by atoms with Crippen molar-refractivity contribution in [2.24, 2.45) is 0 Å². The van der Waals surface area contributed by atoms with Crippen LogP contribution in [0.25, 0.3) is 0 Å². The van der Waals surface area contributed by atoms with Crippen molar-refractivity contribution >= 4 is 40.9 Å². The third-order valence-corrected chi connectivity index (χ3v) is 3.07. The summed E-state index contributed by atoms with van der Waals surface area (Å²) in [5.41, 5.74) is 0.373. The highest BCUT2D eigenvalue weighted by Gasteiger charge is 2.11. The second kappa shape index (κ2) is 7.81.